The second kappa shape index (κ2) is 3.69. The molecule has 0 bridgehead atoms. The summed E-state index contributed by atoms with van der Waals surface area (Å²) in [5.41, 5.74) is 5.10. The van der Waals surface area contributed by atoms with Gasteiger partial charge in [0, 0.05) is 0 Å². The summed E-state index contributed by atoms with van der Waals surface area (Å²) in [5, 5.41) is 8.59. The highest BCUT2D eigenvalue weighted by Gasteiger charge is 2.18. The van der Waals surface area contributed by atoms with Crippen molar-refractivity contribution in [3.05, 3.63) is 20.3 Å². The molecule has 0 radical (unpaired) electrons. The summed E-state index contributed by atoms with van der Waals surface area (Å²) in [7, 11) is 0. The van der Waals surface area contributed by atoms with Crippen LogP contribution >= 0.6 is 39.1 Å². The molecule has 3 N–H and O–H groups in total. The van der Waals surface area contributed by atoms with Crippen LogP contribution in [0.2, 0.25) is 10.0 Å². The highest BCUT2D eigenvalue weighted by atomic mass is 79.9. The van der Waals surface area contributed by atoms with Crippen LogP contribution < -0.4 is 5.73 Å². The van der Waals surface area contributed by atoms with E-state index in [4.69, 9.17) is 34.0 Å². The minimum absolute atomic E-state index is 0.00242. The molecule has 1 rings (SSSR count). The molecule has 0 unspecified atom stereocenters. The lowest BCUT2D eigenvalue weighted by Gasteiger charge is -2.05. The quantitative estimate of drug-likeness (QED) is 0.777. The molecule has 0 saturated carbocycles. The van der Waals surface area contributed by atoms with Crippen LogP contribution in [0.25, 0.3) is 0 Å². The average molecular weight is 286 g/mol. The van der Waals surface area contributed by atoms with Gasteiger partial charge in [0.1, 0.15) is 4.60 Å². The Balaban J connectivity index is 3.50. The molecule has 0 aliphatic rings. The molecule has 0 fully saturated rings. The molecule has 4 nitrogen and oxygen atoms in total. The topological polar surface area (TPSA) is 76.2 Å². The second-order valence-corrected chi connectivity index (χ2v) is 3.61. The van der Waals surface area contributed by atoms with Gasteiger partial charge in [0.05, 0.1) is 15.7 Å². The molecule has 0 atom stereocenters. The number of pyridine rings is 1. The number of carboxylic acids is 1. The van der Waals surface area contributed by atoms with Crippen LogP contribution in [0.1, 0.15) is 10.5 Å². The van der Waals surface area contributed by atoms with Gasteiger partial charge in [0.25, 0.3) is 0 Å². The lowest BCUT2D eigenvalue weighted by Crippen LogP contribution is -2.05. The SMILES string of the molecule is Nc1c(Cl)c(Br)nc(C(=O)O)c1Cl. The van der Waals surface area contributed by atoms with E-state index in [1.165, 1.54) is 0 Å². The first-order valence-electron chi connectivity index (χ1n) is 2.98. The number of halogens is 3. The van der Waals surface area contributed by atoms with E-state index in [0.29, 0.717) is 0 Å². The monoisotopic (exact) mass is 284 g/mol. The van der Waals surface area contributed by atoms with Crippen LogP contribution in [-0.4, -0.2) is 16.1 Å². The fraction of sp³-hybridized carbons (Fsp3) is 0. The number of rotatable bonds is 1. The van der Waals surface area contributed by atoms with Crippen molar-refractivity contribution in [2.45, 2.75) is 0 Å². The molecule has 13 heavy (non-hydrogen) atoms. The number of aromatic carboxylic acids is 1. The molecule has 0 aromatic carbocycles. The maximum absolute atomic E-state index is 10.6. The Morgan fingerprint density at radius 3 is 2.46 bits per heavy atom. The van der Waals surface area contributed by atoms with Gasteiger partial charge in [0.15, 0.2) is 5.69 Å². The third-order valence-corrected chi connectivity index (χ3v) is 2.84. The summed E-state index contributed by atoms with van der Waals surface area (Å²) in [6, 6.07) is 0. The van der Waals surface area contributed by atoms with Crippen LogP contribution in [0.3, 0.4) is 0 Å². The lowest BCUT2D eigenvalue weighted by atomic mass is 10.3. The molecular formula is C6H3BrCl2N2O2. The van der Waals surface area contributed by atoms with Crippen LogP contribution in [0.4, 0.5) is 5.69 Å². The zero-order valence-electron chi connectivity index (χ0n) is 6.01. The molecule has 1 heterocycles. The van der Waals surface area contributed by atoms with Gasteiger partial charge < -0.3 is 10.8 Å². The predicted octanol–water partition coefficient (Wildman–Crippen LogP) is 2.43. The Morgan fingerprint density at radius 2 is 2.00 bits per heavy atom. The number of carbonyl (C=O) groups is 1. The molecule has 1 aromatic heterocycles. The third-order valence-electron chi connectivity index (χ3n) is 1.27. The summed E-state index contributed by atoms with van der Waals surface area (Å²) >= 11 is 14.2. The van der Waals surface area contributed by atoms with E-state index in [0.717, 1.165) is 0 Å². The van der Waals surface area contributed by atoms with Crippen LogP contribution in [0.15, 0.2) is 4.60 Å². The first-order valence-corrected chi connectivity index (χ1v) is 4.53. The standard InChI is InChI=1S/C6H3BrCl2N2O2/c7-5-2(9)3(10)1(8)4(11-5)6(12)13/h(H2,10,11)(H,12,13). The van der Waals surface area contributed by atoms with Gasteiger partial charge in [-0.25, -0.2) is 9.78 Å². The summed E-state index contributed by atoms with van der Waals surface area (Å²) in [6.07, 6.45) is 0. The van der Waals surface area contributed by atoms with E-state index in [1.807, 2.05) is 0 Å². The molecule has 0 spiro atoms. The summed E-state index contributed by atoms with van der Waals surface area (Å²) in [4.78, 5) is 14.2. The second-order valence-electron chi connectivity index (χ2n) is 2.10. The van der Waals surface area contributed by atoms with E-state index in [2.05, 4.69) is 20.9 Å². The molecule has 0 saturated heterocycles. The fourth-order valence-corrected chi connectivity index (χ4v) is 1.47. The first kappa shape index (κ1) is 10.6. The van der Waals surface area contributed by atoms with E-state index < -0.39 is 5.97 Å². The number of anilines is 1. The first-order chi connectivity index (χ1) is 5.95. The molecule has 0 amide bonds. The number of nitrogens with two attached hydrogens (primary N) is 1. The van der Waals surface area contributed by atoms with Crippen molar-refractivity contribution < 1.29 is 9.90 Å². The van der Waals surface area contributed by atoms with Crippen molar-refractivity contribution in [2.24, 2.45) is 0 Å². The van der Waals surface area contributed by atoms with Gasteiger partial charge in [-0.1, -0.05) is 23.2 Å². The highest BCUT2D eigenvalue weighted by molar-refractivity contribution is 9.10. The van der Waals surface area contributed by atoms with Crippen molar-refractivity contribution in [3.8, 4) is 0 Å². The van der Waals surface area contributed by atoms with Crippen LogP contribution in [0, 0.1) is 0 Å². The smallest absolute Gasteiger partial charge is 0.356 e. The number of nitrogen functional groups attached to an aromatic ring is 1. The maximum Gasteiger partial charge on any atom is 0.356 e. The van der Waals surface area contributed by atoms with Gasteiger partial charge >= 0.3 is 5.97 Å². The van der Waals surface area contributed by atoms with Crippen molar-refractivity contribution in [3.63, 3.8) is 0 Å². The molecule has 70 valence electrons. The van der Waals surface area contributed by atoms with Crippen LogP contribution in [0.5, 0.6) is 0 Å². The minimum Gasteiger partial charge on any atom is -0.476 e. The fourth-order valence-electron chi connectivity index (χ4n) is 0.673. The highest BCUT2D eigenvalue weighted by Crippen LogP contribution is 2.34. The average Bonchev–Trinajstić information content (AvgIpc) is 2.07. The summed E-state index contributed by atoms with van der Waals surface area (Å²) in [5.74, 6) is -1.26. The number of carboxylic acid groups (broad SMARTS) is 1. The number of hydrogen-bond acceptors (Lipinski definition) is 3. The van der Waals surface area contributed by atoms with E-state index in [1.54, 1.807) is 0 Å². The van der Waals surface area contributed by atoms with Crippen molar-refractivity contribution >= 4 is 50.8 Å². The number of hydrogen-bond donors (Lipinski definition) is 2. The van der Waals surface area contributed by atoms with Crippen LogP contribution in [-0.2, 0) is 0 Å². The van der Waals surface area contributed by atoms with Gasteiger partial charge in [0.2, 0.25) is 0 Å². The summed E-state index contributed by atoms with van der Waals surface area (Å²) < 4.78 is 0.161. The van der Waals surface area contributed by atoms with Gasteiger partial charge in [-0.05, 0) is 15.9 Å². The maximum atomic E-state index is 10.6. The van der Waals surface area contributed by atoms with Gasteiger partial charge in [-0.3, -0.25) is 0 Å². The Morgan fingerprint density at radius 1 is 1.46 bits per heavy atom. The van der Waals surface area contributed by atoms with E-state index in [-0.39, 0.29) is 26.0 Å². The van der Waals surface area contributed by atoms with Gasteiger partial charge in [-0.15, -0.1) is 0 Å². The Kier molecular flexibility index (Phi) is 3.00. The normalized spacial score (nSPS) is 10.1. The predicted molar refractivity (Wildman–Crippen MR) is 53.3 cm³/mol. The molecular weight excluding hydrogens is 283 g/mol. The van der Waals surface area contributed by atoms with Crippen molar-refractivity contribution in [1.82, 2.24) is 4.98 Å². The number of aromatic nitrogens is 1. The van der Waals surface area contributed by atoms with Crippen molar-refractivity contribution in [2.75, 3.05) is 5.73 Å². The Bertz CT molecular complexity index is 383. The zero-order chi connectivity index (χ0) is 10.2. The number of nitrogens with zero attached hydrogens (tertiary/aromatic N) is 1. The summed E-state index contributed by atoms with van der Waals surface area (Å²) in [6.45, 7) is 0. The minimum atomic E-state index is -1.26. The molecule has 0 aliphatic heterocycles. The largest absolute Gasteiger partial charge is 0.476 e. The van der Waals surface area contributed by atoms with Crippen molar-refractivity contribution in [1.29, 1.82) is 0 Å². The van der Waals surface area contributed by atoms with E-state index >= 15 is 0 Å². The zero-order valence-corrected chi connectivity index (χ0v) is 9.11. The Labute approximate surface area is 91.8 Å². The molecule has 7 heteroatoms. The Hall–Kier alpha value is -0.520. The molecule has 0 aliphatic carbocycles. The lowest BCUT2D eigenvalue weighted by molar-refractivity contribution is 0.0690. The van der Waals surface area contributed by atoms with Gasteiger partial charge in [-0.2, -0.15) is 0 Å². The third kappa shape index (κ3) is 1.87. The molecule has 1 aromatic rings. The van der Waals surface area contributed by atoms with E-state index in [9.17, 15) is 4.79 Å².